The van der Waals surface area contributed by atoms with E-state index >= 15 is 0 Å². The molecule has 1 aliphatic heterocycles. The van der Waals surface area contributed by atoms with E-state index in [1.165, 1.54) is 4.90 Å². The van der Waals surface area contributed by atoms with Crippen LogP contribution >= 0.6 is 0 Å². The molecule has 3 atom stereocenters. The minimum atomic E-state index is -0.897. The number of fused-ring (bicyclic) bond motifs is 1. The highest BCUT2D eigenvalue weighted by Crippen LogP contribution is 2.35. The first-order chi connectivity index (χ1) is 11.5. The second-order valence-corrected chi connectivity index (χ2v) is 6.68. The van der Waals surface area contributed by atoms with Crippen LogP contribution in [0.25, 0.3) is 0 Å². The fourth-order valence-electron chi connectivity index (χ4n) is 3.36. The van der Waals surface area contributed by atoms with Gasteiger partial charge < -0.3 is 9.84 Å². The molecule has 1 fully saturated rings. The SMILES string of the molecule is Cc1ccc(C)c(OC[C@H](O)CN2C(=O)[C@H]3CC=CC[C@@H]3C2=O)c1. The third kappa shape index (κ3) is 3.22. The highest BCUT2D eigenvalue weighted by molar-refractivity contribution is 6.05. The van der Waals surface area contributed by atoms with E-state index in [1.807, 2.05) is 44.2 Å². The second-order valence-electron chi connectivity index (χ2n) is 6.68. The van der Waals surface area contributed by atoms with Crippen molar-refractivity contribution in [2.24, 2.45) is 11.8 Å². The number of benzene rings is 1. The molecule has 2 amide bonds. The van der Waals surface area contributed by atoms with Gasteiger partial charge in [0.25, 0.3) is 0 Å². The summed E-state index contributed by atoms with van der Waals surface area (Å²) in [7, 11) is 0. The topological polar surface area (TPSA) is 66.8 Å². The molecule has 1 aliphatic carbocycles. The fraction of sp³-hybridized carbons (Fsp3) is 0.474. The Hall–Kier alpha value is -2.14. The lowest BCUT2D eigenvalue weighted by molar-refractivity contribution is -0.141. The Bertz CT molecular complexity index is 656. The summed E-state index contributed by atoms with van der Waals surface area (Å²) in [5.41, 5.74) is 2.06. The first kappa shape index (κ1) is 16.7. The molecule has 2 aliphatic rings. The number of hydrogen-bond donors (Lipinski definition) is 1. The van der Waals surface area contributed by atoms with Crippen LogP contribution in [0.1, 0.15) is 24.0 Å². The molecule has 0 saturated carbocycles. The Morgan fingerprint density at radius 1 is 1.17 bits per heavy atom. The van der Waals surface area contributed by atoms with Crippen molar-refractivity contribution in [3.8, 4) is 5.75 Å². The Morgan fingerprint density at radius 2 is 1.79 bits per heavy atom. The summed E-state index contributed by atoms with van der Waals surface area (Å²) in [5.74, 6) is -0.129. The van der Waals surface area contributed by atoms with Crippen molar-refractivity contribution in [2.75, 3.05) is 13.2 Å². The lowest BCUT2D eigenvalue weighted by Gasteiger charge is -2.20. The smallest absolute Gasteiger partial charge is 0.233 e. The van der Waals surface area contributed by atoms with E-state index in [1.54, 1.807) is 0 Å². The number of amides is 2. The van der Waals surface area contributed by atoms with Crippen molar-refractivity contribution >= 4 is 11.8 Å². The zero-order chi connectivity index (χ0) is 17.3. The number of imide groups is 1. The number of β-amino-alcohol motifs (C(OH)–C–C–N with tert-alkyl or cyclic N) is 1. The van der Waals surface area contributed by atoms with Crippen LogP contribution in [0.2, 0.25) is 0 Å². The van der Waals surface area contributed by atoms with Gasteiger partial charge in [0.15, 0.2) is 0 Å². The Morgan fingerprint density at radius 3 is 2.42 bits per heavy atom. The van der Waals surface area contributed by atoms with Gasteiger partial charge in [-0.3, -0.25) is 14.5 Å². The first-order valence-electron chi connectivity index (χ1n) is 8.35. The minimum Gasteiger partial charge on any atom is -0.491 e. The largest absolute Gasteiger partial charge is 0.491 e. The number of aryl methyl sites for hydroxylation is 2. The molecule has 0 aromatic heterocycles. The number of aliphatic hydroxyl groups excluding tert-OH is 1. The van der Waals surface area contributed by atoms with Gasteiger partial charge in [-0.05, 0) is 43.9 Å². The Labute approximate surface area is 141 Å². The third-order valence-corrected chi connectivity index (χ3v) is 4.77. The average molecular weight is 329 g/mol. The number of carbonyl (C=O) groups excluding carboxylic acids is 2. The summed E-state index contributed by atoms with van der Waals surface area (Å²) < 4.78 is 5.67. The maximum atomic E-state index is 12.4. The highest BCUT2D eigenvalue weighted by atomic mass is 16.5. The van der Waals surface area contributed by atoms with Crippen molar-refractivity contribution in [3.05, 3.63) is 41.5 Å². The monoisotopic (exact) mass is 329 g/mol. The molecule has 0 spiro atoms. The van der Waals surface area contributed by atoms with Crippen molar-refractivity contribution in [1.29, 1.82) is 0 Å². The lowest BCUT2D eigenvalue weighted by atomic mass is 9.85. The molecule has 0 unspecified atom stereocenters. The van der Waals surface area contributed by atoms with Crippen molar-refractivity contribution in [1.82, 2.24) is 4.90 Å². The predicted octanol–water partition coefficient (Wildman–Crippen LogP) is 1.99. The van der Waals surface area contributed by atoms with E-state index in [2.05, 4.69) is 0 Å². The number of likely N-dealkylation sites (tertiary alicyclic amines) is 1. The normalized spacial score (nSPS) is 24.2. The van der Waals surface area contributed by atoms with Gasteiger partial charge in [-0.1, -0.05) is 24.3 Å². The molecule has 128 valence electrons. The zero-order valence-electron chi connectivity index (χ0n) is 14.1. The molecular formula is C19H23NO4. The Balaban J connectivity index is 1.59. The predicted molar refractivity (Wildman–Crippen MR) is 89.5 cm³/mol. The van der Waals surface area contributed by atoms with Gasteiger partial charge in [-0.2, -0.15) is 0 Å². The van der Waals surface area contributed by atoms with Crippen LogP contribution in [0.5, 0.6) is 5.75 Å². The van der Waals surface area contributed by atoms with Crippen LogP contribution in [0, 0.1) is 25.7 Å². The van der Waals surface area contributed by atoms with E-state index in [9.17, 15) is 14.7 Å². The molecule has 0 radical (unpaired) electrons. The maximum absolute atomic E-state index is 12.4. The molecule has 1 aromatic rings. The fourth-order valence-corrected chi connectivity index (χ4v) is 3.36. The van der Waals surface area contributed by atoms with Crippen molar-refractivity contribution in [2.45, 2.75) is 32.8 Å². The number of ether oxygens (including phenoxy) is 1. The molecule has 5 nitrogen and oxygen atoms in total. The van der Waals surface area contributed by atoms with Crippen molar-refractivity contribution in [3.63, 3.8) is 0 Å². The van der Waals surface area contributed by atoms with E-state index in [0.717, 1.165) is 11.1 Å². The van der Waals surface area contributed by atoms with Crippen LogP contribution in [-0.2, 0) is 9.59 Å². The molecule has 1 heterocycles. The van der Waals surface area contributed by atoms with E-state index in [-0.39, 0.29) is 36.8 Å². The summed E-state index contributed by atoms with van der Waals surface area (Å²) in [6.45, 7) is 3.96. The molecule has 24 heavy (non-hydrogen) atoms. The molecular weight excluding hydrogens is 306 g/mol. The van der Waals surface area contributed by atoms with Crippen LogP contribution < -0.4 is 4.74 Å². The zero-order valence-corrected chi connectivity index (χ0v) is 14.1. The van der Waals surface area contributed by atoms with Gasteiger partial charge in [0, 0.05) is 0 Å². The van der Waals surface area contributed by atoms with Gasteiger partial charge in [-0.25, -0.2) is 0 Å². The number of aliphatic hydroxyl groups is 1. The summed E-state index contributed by atoms with van der Waals surface area (Å²) in [4.78, 5) is 26.0. The minimum absolute atomic E-state index is 0.00443. The summed E-state index contributed by atoms with van der Waals surface area (Å²) in [6.07, 6.45) is 4.24. The van der Waals surface area contributed by atoms with E-state index < -0.39 is 6.10 Å². The highest BCUT2D eigenvalue weighted by Gasteiger charge is 2.47. The van der Waals surface area contributed by atoms with Gasteiger partial charge >= 0.3 is 0 Å². The second kappa shape index (κ2) is 6.77. The molecule has 5 heteroatoms. The average Bonchev–Trinajstić information content (AvgIpc) is 2.81. The van der Waals surface area contributed by atoms with E-state index in [0.29, 0.717) is 18.6 Å². The quantitative estimate of drug-likeness (QED) is 0.663. The van der Waals surface area contributed by atoms with Gasteiger partial charge in [-0.15, -0.1) is 0 Å². The number of allylic oxidation sites excluding steroid dienone is 2. The standard InChI is InChI=1S/C19H23NO4/c1-12-7-8-13(2)17(9-12)24-11-14(21)10-20-18(22)15-5-3-4-6-16(15)19(20)23/h3-4,7-9,14-16,21H,5-6,10-11H2,1-2H3/t14-,15+,16+/m1/s1. The maximum Gasteiger partial charge on any atom is 0.233 e. The summed E-state index contributed by atoms with van der Waals surface area (Å²) >= 11 is 0. The van der Waals surface area contributed by atoms with E-state index in [4.69, 9.17) is 4.74 Å². The number of hydrogen-bond acceptors (Lipinski definition) is 4. The molecule has 1 N–H and O–H groups in total. The number of rotatable bonds is 5. The first-order valence-corrected chi connectivity index (χ1v) is 8.35. The van der Waals surface area contributed by atoms with Crippen LogP contribution in [0.4, 0.5) is 0 Å². The van der Waals surface area contributed by atoms with Crippen LogP contribution in [0.3, 0.4) is 0 Å². The molecule has 1 aromatic carbocycles. The van der Waals surface area contributed by atoms with Crippen LogP contribution in [0.15, 0.2) is 30.4 Å². The molecule has 1 saturated heterocycles. The third-order valence-electron chi connectivity index (χ3n) is 4.77. The van der Waals surface area contributed by atoms with Gasteiger partial charge in [0.1, 0.15) is 18.5 Å². The number of nitrogens with zero attached hydrogens (tertiary/aromatic N) is 1. The Kier molecular flexibility index (Phi) is 4.71. The van der Waals surface area contributed by atoms with Crippen LogP contribution in [-0.4, -0.2) is 41.1 Å². The summed E-state index contributed by atoms with van der Waals surface area (Å²) in [6, 6.07) is 5.87. The van der Waals surface area contributed by atoms with Gasteiger partial charge in [0.2, 0.25) is 11.8 Å². The molecule has 0 bridgehead atoms. The van der Waals surface area contributed by atoms with Crippen molar-refractivity contribution < 1.29 is 19.4 Å². The summed E-state index contributed by atoms with van der Waals surface area (Å²) in [5, 5.41) is 10.2. The lowest BCUT2D eigenvalue weighted by Crippen LogP contribution is -2.40. The van der Waals surface area contributed by atoms with Gasteiger partial charge in [0.05, 0.1) is 18.4 Å². The number of carbonyl (C=O) groups is 2. The molecule has 3 rings (SSSR count).